The van der Waals surface area contributed by atoms with Gasteiger partial charge >= 0.3 is 0 Å². The van der Waals surface area contributed by atoms with Crippen molar-refractivity contribution in [3.8, 4) is 0 Å². The molecule has 0 aliphatic rings. The first-order valence-corrected chi connectivity index (χ1v) is 6.99. The number of thiophene rings is 1. The van der Waals surface area contributed by atoms with Crippen LogP contribution in [-0.4, -0.2) is 0 Å². The van der Waals surface area contributed by atoms with Gasteiger partial charge in [-0.3, -0.25) is 0 Å². The quantitative estimate of drug-likeness (QED) is 0.884. The number of rotatable bonds is 4. The van der Waals surface area contributed by atoms with Crippen LogP contribution < -0.4 is 5.32 Å². The zero-order chi connectivity index (χ0) is 11.4. The molecule has 0 amide bonds. The van der Waals surface area contributed by atoms with Crippen molar-refractivity contribution in [2.45, 2.75) is 19.5 Å². The monoisotopic (exact) mass is 295 g/mol. The Morgan fingerprint density at radius 3 is 2.94 bits per heavy atom. The van der Waals surface area contributed by atoms with Gasteiger partial charge in [-0.1, -0.05) is 28.1 Å². The second kappa shape index (κ2) is 5.62. The van der Waals surface area contributed by atoms with Gasteiger partial charge in [0, 0.05) is 17.1 Å². The molecule has 0 aliphatic carbocycles. The summed E-state index contributed by atoms with van der Waals surface area (Å²) in [5.74, 6) is 0. The number of benzene rings is 1. The first-order valence-electron chi connectivity index (χ1n) is 5.25. The van der Waals surface area contributed by atoms with Crippen LogP contribution in [0.1, 0.15) is 24.1 Å². The van der Waals surface area contributed by atoms with E-state index in [4.69, 9.17) is 0 Å². The van der Waals surface area contributed by atoms with E-state index in [2.05, 4.69) is 69.3 Å². The van der Waals surface area contributed by atoms with Crippen LogP contribution in [0, 0.1) is 0 Å². The molecular weight excluding hydrogens is 282 g/mol. The third-order valence-corrected chi connectivity index (χ3v) is 3.77. The molecule has 1 atom stereocenters. The molecule has 0 saturated heterocycles. The van der Waals surface area contributed by atoms with Gasteiger partial charge in [0.15, 0.2) is 0 Å². The molecule has 16 heavy (non-hydrogen) atoms. The van der Waals surface area contributed by atoms with E-state index in [1.165, 1.54) is 11.1 Å². The molecule has 0 aliphatic heterocycles. The second-order valence-electron chi connectivity index (χ2n) is 3.79. The second-order valence-corrected chi connectivity index (χ2v) is 5.48. The van der Waals surface area contributed by atoms with Gasteiger partial charge in [-0.2, -0.15) is 11.3 Å². The van der Waals surface area contributed by atoms with Gasteiger partial charge in [0.1, 0.15) is 0 Å². The van der Waals surface area contributed by atoms with E-state index in [9.17, 15) is 0 Å². The van der Waals surface area contributed by atoms with Crippen LogP contribution in [-0.2, 0) is 6.54 Å². The highest BCUT2D eigenvalue weighted by molar-refractivity contribution is 9.10. The van der Waals surface area contributed by atoms with E-state index in [1.54, 1.807) is 11.3 Å². The van der Waals surface area contributed by atoms with Crippen molar-refractivity contribution in [3.63, 3.8) is 0 Å². The van der Waals surface area contributed by atoms with Crippen LogP contribution in [0.5, 0.6) is 0 Å². The Bertz CT molecular complexity index is 439. The Morgan fingerprint density at radius 2 is 2.25 bits per heavy atom. The summed E-state index contributed by atoms with van der Waals surface area (Å²) >= 11 is 5.24. The molecule has 1 unspecified atom stereocenters. The number of hydrogen-bond donors (Lipinski definition) is 1. The molecule has 3 heteroatoms. The van der Waals surface area contributed by atoms with E-state index >= 15 is 0 Å². The summed E-state index contributed by atoms with van der Waals surface area (Å²) in [5.41, 5.74) is 2.66. The van der Waals surface area contributed by atoms with Gasteiger partial charge in [-0.05, 0) is 47.0 Å². The SMILES string of the molecule is CC(NCc1ccsc1)c1cccc(Br)c1. The standard InChI is InChI=1S/C13H14BrNS/c1-10(12-3-2-4-13(14)7-12)15-8-11-5-6-16-9-11/h2-7,9-10,15H,8H2,1H3. The maximum absolute atomic E-state index is 3.51. The lowest BCUT2D eigenvalue weighted by molar-refractivity contribution is 0.575. The summed E-state index contributed by atoms with van der Waals surface area (Å²) < 4.78 is 1.13. The predicted octanol–water partition coefficient (Wildman–Crippen LogP) is 4.36. The van der Waals surface area contributed by atoms with Crippen molar-refractivity contribution in [1.29, 1.82) is 0 Å². The lowest BCUT2D eigenvalue weighted by Crippen LogP contribution is -2.17. The molecule has 1 aromatic heterocycles. The largest absolute Gasteiger partial charge is 0.306 e. The van der Waals surface area contributed by atoms with Crippen molar-refractivity contribution in [1.82, 2.24) is 5.32 Å². The van der Waals surface area contributed by atoms with Gasteiger partial charge in [-0.25, -0.2) is 0 Å². The Balaban J connectivity index is 1.95. The van der Waals surface area contributed by atoms with E-state index in [1.807, 2.05) is 0 Å². The summed E-state index contributed by atoms with van der Waals surface area (Å²) in [6.45, 7) is 3.12. The Morgan fingerprint density at radius 1 is 1.38 bits per heavy atom. The minimum atomic E-state index is 0.373. The van der Waals surface area contributed by atoms with Crippen LogP contribution in [0.4, 0.5) is 0 Å². The third kappa shape index (κ3) is 3.17. The fourth-order valence-corrected chi connectivity index (χ4v) is 2.64. The zero-order valence-corrected chi connectivity index (χ0v) is 11.5. The topological polar surface area (TPSA) is 12.0 Å². The van der Waals surface area contributed by atoms with Crippen molar-refractivity contribution in [2.75, 3.05) is 0 Å². The highest BCUT2D eigenvalue weighted by atomic mass is 79.9. The van der Waals surface area contributed by atoms with Crippen molar-refractivity contribution in [2.24, 2.45) is 0 Å². The smallest absolute Gasteiger partial charge is 0.0295 e. The third-order valence-electron chi connectivity index (χ3n) is 2.54. The maximum Gasteiger partial charge on any atom is 0.0295 e. The van der Waals surface area contributed by atoms with Crippen molar-refractivity contribution >= 4 is 27.3 Å². The van der Waals surface area contributed by atoms with Gasteiger partial charge in [0.25, 0.3) is 0 Å². The molecule has 1 nitrogen and oxygen atoms in total. The van der Waals surface area contributed by atoms with Gasteiger partial charge in [0.2, 0.25) is 0 Å². The Kier molecular flexibility index (Phi) is 4.16. The molecular formula is C13H14BrNS. The van der Waals surface area contributed by atoms with Crippen molar-refractivity contribution in [3.05, 3.63) is 56.7 Å². The fraction of sp³-hybridized carbons (Fsp3) is 0.231. The molecule has 0 saturated carbocycles. The van der Waals surface area contributed by atoms with Gasteiger partial charge in [0.05, 0.1) is 0 Å². The lowest BCUT2D eigenvalue weighted by atomic mass is 10.1. The molecule has 84 valence electrons. The average Bonchev–Trinajstić information content (AvgIpc) is 2.78. The molecule has 2 aromatic rings. The Hall–Kier alpha value is -0.640. The first-order chi connectivity index (χ1) is 7.75. The molecule has 0 bridgehead atoms. The number of halogens is 1. The molecule has 0 radical (unpaired) electrons. The van der Waals surface area contributed by atoms with Crippen molar-refractivity contribution < 1.29 is 0 Å². The van der Waals surface area contributed by atoms with Crippen LogP contribution in [0.15, 0.2) is 45.6 Å². The lowest BCUT2D eigenvalue weighted by Gasteiger charge is -2.13. The fourth-order valence-electron chi connectivity index (χ4n) is 1.56. The molecule has 0 fully saturated rings. The summed E-state index contributed by atoms with van der Waals surface area (Å²) in [6.07, 6.45) is 0. The van der Waals surface area contributed by atoms with E-state index in [-0.39, 0.29) is 0 Å². The average molecular weight is 296 g/mol. The summed E-state index contributed by atoms with van der Waals surface area (Å²) in [6, 6.07) is 11.0. The molecule has 1 aromatic carbocycles. The highest BCUT2D eigenvalue weighted by Crippen LogP contribution is 2.18. The normalized spacial score (nSPS) is 12.6. The first kappa shape index (κ1) is 11.8. The number of hydrogen-bond acceptors (Lipinski definition) is 2. The minimum Gasteiger partial charge on any atom is -0.306 e. The minimum absolute atomic E-state index is 0.373. The molecule has 0 spiro atoms. The zero-order valence-electron chi connectivity index (χ0n) is 9.11. The van der Waals surface area contributed by atoms with E-state index < -0.39 is 0 Å². The summed E-state index contributed by atoms with van der Waals surface area (Å²) in [5, 5.41) is 7.81. The molecule has 1 heterocycles. The van der Waals surface area contributed by atoms with E-state index in [0.29, 0.717) is 6.04 Å². The summed E-state index contributed by atoms with van der Waals surface area (Å²) in [7, 11) is 0. The predicted molar refractivity (Wildman–Crippen MR) is 73.7 cm³/mol. The number of nitrogens with one attached hydrogen (secondary N) is 1. The van der Waals surface area contributed by atoms with Crippen LogP contribution in [0.2, 0.25) is 0 Å². The molecule has 1 N–H and O–H groups in total. The Labute approximate surface area is 109 Å². The maximum atomic E-state index is 3.51. The van der Waals surface area contributed by atoms with Gasteiger partial charge < -0.3 is 5.32 Å². The van der Waals surface area contributed by atoms with Crippen LogP contribution >= 0.6 is 27.3 Å². The summed E-state index contributed by atoms with van der Waals surface area (Å²) in [4.78, 5) is 0. The van der Waals surface area contributed by atoms with Crippen LogP contribution in [0.3, 0.4) is 0 Å². The molecule has 2 rings (SSSR count). The highest BCUT2D eigenvalue weighted by Gasteiger charge is 2.04. The van der Waals surface area contributed by atoms with Crippen LogP contribution in [0.25, 0.3) is 0 Å². The van der Waals surface area contributed by atoms with Gasteiger partial charge in [-0.15, -0.1) is 0 Å². The van der Waals surface area contributed by atoms with E-state index in [0.717, 1.165) is 11.0 Å².